The van der Waals surface area contributed by atoms with Crippen molar-refractivity contribution in [2.24, 2.45) is 0 Å². The van der Waals surface area contributed by atoms with E-state index in [1.54, 1.807) is 59.8 Å². The number of carbonyl (C=O) groups is 2. The van der Waals surface area contributed by atoms with Gasteiger partial charge in [0.25, 0.3) is 0 Å². The van der Waals surface area contributed by atoms with Crippen molar-refractivity contribution in [1.29, 1.82) is 0 Å². The Hall–Kier alpha value is -2.49. The van der Waals surface area contributed by atoms with Gasteiger partial charge in [0.05, 0.1) is 20.8 Å². The van der Waals surface area contributed by atoms with Crippen LogP contribution in [0.3, 0.4) is 0 Å². The molecule has 0 heterocycles. The lowest BCUT2D eigenvalue weighted by Gasteiger charge is -2.15. The summed E-state index contributed by atoms with van der Waals surface area (Å²) >= 11 is 1.70. The van der Waals surface area contributed by atoms with E-state index in [1.807, 2.05) is 6.07 Å². The zero-order valence-electron chi connectivity index (χ0n) is 15.8. The number of hydrogen-bond donors (Lipinski definition) is 0. The summed E-state index contributed by atoms with van der Waals surface area (Å²) in [4.78, 5) is 23.1. The lowest BCUT2D eigenvalue weighted by atomic mass is 10.2. The highest BCUT2D eigenvalue weighted by atomic mass is 127. The fraction of sp³-hybridized carbons (Fsp3) is 0.300. The molecule has 2 aromatic rings. The van der Waals surface area contributed by atoms with E-state index >= 15 is 0 Å². The Balaban J connectivity index is 2.12. The molecular weight excluding hydrogens is 479 g/mol. The topological polar surface area (TPSA) is 80.3 Å². The van der Waals surface area contributed by atoms with Crippen molar-refractivity contribution in [2.75, 3.05) is 27.4 Å². The van der Waals surface area contributed by atoms with Crippen LogP contribution in [-0.4, -0.2) is 37.2 Å². The SMILES string of the molecule is CCOC(=O)COc1cccc(COc2c(OC)cc(C(=O)I)cc2OC)c1. The summed E-state index contributed by atoms with van der Waals surface area (Å²) in [5.74, 6) is 1.29. The minimum absolute atomic E-state index is 0.132. The van der Waals surface area contributed by atoms with Crippen LogP contribution in [0.4, 0.5) is 0 Å². The van der Waals surface area contributed by atoms with E-state index in [-0.39, 0.29) is 17.0 Å². The van der Waals surface area contributed by atoms with E-state index < -0.39 is 5.97 Å². The molecule has 0 atom stereocenters. The van der Waals surface area contributed by atoms with E-state index in [9.17, 15) is 9.59 Å². The molecule has 0 saturated carbocycles. The van der Waals surface area contributed by atoms with Gasteiger partial charge in [0.2, 0.25) is 9.54 Å². The molecule has 0 spiro atoms. The van der Waals surface area contributed by atoms with Gasteiger partial charge in [-0.3, -0.25) is 4.79 Å². The first kappa shape index (κ1) is 21.8. The molecular formula is C20H21IO7. The highest BCUT2D eigenvalue weighted by Gasteiger charge is 2.17. The highest BCUT2D eigenvalue weighted by Crippen LogP contribution is 2.39. The number of methoxy groups -OCH3 is 2. The minimum atomic E-state index is -0.427. The predicted molar refractivity (Wildman–Crippen MR) is 111 cm³/mol. The summed E-state index contributed by atoms with van der Waals surface area (Å²) in [6, 6.07) is 10.4. The Labute approximate surface area is 177 Å². The number of esters is 1. The Morgan fingerprint density at radius 1 is 1.00 bits per heavy atom. The molecule has 0 aliphatic rings. The molecule has 0 aliphatic heterocycles. The molecule has 28 heavy (non-hydrogen) atoms. The van der Waals surface area contributed by atoms with Crippen molar-refractivity contribution < 1.29 is 33.3 Å². The fourth-order valence-corrected chi connectivity index (χ4v) is 2.67. The monoisotopic (exact) mass is 500 g/mol. The first-order valence-electron chi connectivity index (χ1n) is 8.44. The second kappa shape index (κ2) is 10.7. The standard InChI is InChI=1S/C20H21IO7/c1-4-26-18(22)12-27-15-7-5-6-13(8-15)11-28-19-16(24-2)9-14(20(21)23)10-17(19)25-3/h5-10H,4,11-12H2,1-3H3. The number of hydrogen-bond acceptors (Lipinski definition) is 7. The molecule has 0 aliphatic carbocycles. The number of benzene rings is 2. The number of carbonyl (C=O) groups excluding carboxylic acids is 2. The van der Waals surface area contributed by atoms with Gasteiger partial charge in [-0.1, -0.05) is 12.1 Å². The molecule has 0 amide bonds. The summed E-state index contributed by atoms with van der Waals surface area (Å²) in [7, 11) is 2.99. The van der Waals surface area contributed by atoms with E-state index in [2.05, 4.69) is 0 Å². The fourth-order valence-electron chi connectivity index (χ4n) is 2.36. The second-order valence-corrected chi connectivity index (χ2v) is 6.49. The van der Waals surface area contributed by atoms with Crippen LogP contribution in [0.15, 0.2) is 36.4 Å². The first-order chi connectivity index (χ1) is 13.5. The van der Waals surface area contributed by atoms with Crippen LogP contribution in [0.2, 0.25) is 0 Å². The van der Waals surface area contributed by atoms with E-state index in [0.29, 0.717) is 35.2 Å². The van der Waals surface area contributed by atoms with Crippen LogP contribution in [0.5, 0.6) is 23.0 Å². The smallest absolute Gasteiger partial charge is 0.344 e. The van der Waals surface area contributed by atoms with Crippen molar-refractivity contribution in [3.8, 4) is 23.0 Å². The number of halogens is 1. The zero-order chi connectivity index (χ0) is 20.5. The molecule has 7 nitrogen and oxygen atoms in total. The second-order valence-electron chi connectivity index (χ2n) is 5.51. The maximum atomic E-state index is 11.6. The first-order valence-corrected chi connectivity index (χ1v) is 9.52. The van der Waals surface area contributed by atoms with Gasteiger partial charge in [-0.05, 0) is 36.8 Å². The van der Waals surface area contributed by atoms with E-state index in [1.165, 1.54) is 14.2 Å². The summed E-state index contributed by atoms with van der Waals surface area (Å²) in [6.07, 6.45) is 0. The van der Waals surface area contributed by atoms with Gasteiger partial charge < -0.3 is 23.7 Å². The average molecular weight is 500 g/mol. The van der Waals surface area contributed by atoms with Gasteiger partial charge in [0.15, 0.2) is 18.1 Å². The Kier molecular flexibility index (Phi) is 8.37. The van der Waals surface area contributed by atoms with Crippen LogP contribution < -0.4 is 18.9 Å². The summed E-state index contributed by atoms with van der Waals surface area (Å²) in [6.45, 7) is 2.09. The molecule has 0 radical (unpaired) electrons. The Bertz CT molecular complexity index is 810. The third-order valence-electron chi connectivity index (χ3n) is 3.63. The maximum absolute atomic E-state index is 11.6. The highest BCUT2D eigenvalue weighted by molar-refractivity contribution is 14.1. The predicted octanol–water partition coefficient (Wildman–Crippen LogP) is 3.80. The van der Waals surface area contributed by atoms with Crippen LogP contribution in [0.25, 0.3) is 0 Å². The molecule has 8 heteroatoms. The van der Waals surface area contributed by atoms with Crippen molar-refractivity contribution in [2.45, 2.75) is 13.5 Å². The number of ether oxygens (including phenoxy) is 5. The molecule has 0 N–H and O–H groups in total. The molecule has 0 saturated heterocycles. The van der Waals surface area contributed by atoms with Crippen LogP contribution in [0.1, 0.15) is 22.8 Å². The molecule has 0 bridgehead atoms. The summed E-state index contributed by atoms with van der Waals surface area (Å²) in [5.41, 5.74) is 1.27. The lowest BCUT2D eigenvalue weighted by Crippen LogP contribution is -2.14. The van der Waals surface area contributed by atoms with E-state index in [0.717, 1.165) is 5.56 Å². The zero-order valence-corrected chi connectivity index (χ0v) is 18.0. The summed E-state index contributed by atoms with van der Waals surface area (Å²) in [5, 5.41) is 0. The van der Waals surface area contributed by atoms with Gasteiger partial charge in [-0.2, -0.15) is 0 Å². The molecule has 0 unspecified atom stereocenters. The van der Waals surface area contributed by atoms with Gasteiger partial charge in [0.1, 0.15) is 12.4 Å². The minimum Gasteiger partial charge on any atom is -0.493 e. The van der Waals surface area contributed by atoms with Gasteiger partial charge in [0, 0.05) is 28.2 Å². The van der Waals surface area contributed by atoms with Crippen LogP contribution in [0, 0.1) is 0 Å². The van der Waals surface area contributed by atoms with Crippen molar-refractivity contribution in [3.63, 3.8) is 0 Å². The average Bonchev–Trinajstić information content (AvgIpc) is 2.70. The number of rotatable bonds is 10. The molecule has 0 aromatic heterocycles. The van der Waals surface area contributed by atoms with Crippen molar-refractivity contribution in [3.05, 3.63) is 47.5 Å². The van der Waals surface area contributed by atoms with Crippen molar-refractivity contribution in [1.82, 2.24) is 0 Å². The third-order valence-corrected chi connectivity index (χ3v) is 4.25. The van der Waals surface area contributed by atoms with Crippen molar-refractivity contribution >= 4 is 32.4 Å². The normalized spacial score (nSPS) is 10.1. The molecule has 150 valence electrons. The molecule has 2 rings (SSSR count). The largest absolute Gasteiger partial charge is 0.493 e. The maximum Gasteiger partial charge on any atom is 0.344 e. The van der Waals surface area contributed by atoms with E-state index in [4.69, 9.17) is 23.7 Å². The van der Waals surface area contributed by atoms with Crippen LogP contribution >= 0.6 is 22.6 Å². The molecule has 2 aromatic carbocycles. The van der Waals surface area contributed by atoms with Gasteiger partial charge in [-0.25, -0.2) is 4.79 Å². The summed E-state index contributed by atoms with van der Waals surface area (Å²) < 4.78 is 26.7. The lowest BCUT2D eigenvalue weighted by molar-refractivity contribution is -0.145. The Morgan fingerprint density at radius 3 is 2.25 bits per heavy atom. The Morgan fingerprint density at radius 2 is 1.68 bits per heavy atom. The quantitative estimate of drug-likeness (QED) is 0.279. The van der Waals surface area contributed by atoms with Gasteiger partial charge in [-0.15, -0.1) is 0 Å². The van der Waals surface area contributed by atoms with Crippen LogP contribution in [-0.2, 0) is 16.1 Å². The third kappa shape index (κ3) is 6.01. The molecule has 0 fully saturated rings. The van der Waals surface area contributed by atoms with Gasteiger partial charge >= 0.3 is 5.97 Å².